The third-order valence-electron chi connectivity index (χ3n) is 1.69. The largest absolute Gasteiger partial charge is 0.384 e. The Balaban J connectivity index is 2.35. The summed E-state index contributed by atoms with van der Waals surface area (Å²) >= 11 is 1.65. The fraction of sp³-hybridized carbons (Fsp3) is 0.778. The highest BCUT2D eigenvalue weighted by Crippen LogP contribution is 2.10. The Kier molecular flexibility index (Phi) is 5.00. The Hall–Kier alpha value is -0.520. The zero-order valence-electron chi connectivity index (χ0n) is 8.91. The van der Waals surface area contributed by atoms with Gasteiger partial charge in [0.2, 0.25) is 0 Å². The summed E-state index contributed by atoms with van der Waals surface area (Å²) in [7, 11) is 1.70. The van der Waals surface area contributed by atoms with E-state index in [-0.39, 0.29) is 0 Å². The van der Waals surface area contributed by atoms with E-state index in [2.05, 4.69) is 29.4 Å². The van der Waals surface area contributed by atoms with Crippen molar-refractivity contribution in [2.45, 2.75) is 32.9 Å². The Morgan fingerprint density at radius 1 is 1.36 bits per heavy atom. The molecule has 0 radical (unpaired) electrons. The van der Waals surface area contributed by atoms with Gasteiger partial charge in [-0.05, 0) is 0 Å². The standard InChI is InChI=1S/C9H17N3OS/c1-7(2)10-6-9-12-11-8(14-9)4-5-13-3/h7,10H,4-6H2,1-3H3. The molecule has 14 heavy (non-hydrogen) atoms. The van der Waals surface area contributed by atoms with Gasteiger partial charge in [-0.2, -0.15) is 0 Å². The van der Waals surface area contributed by atoms with E-state index >= 15 is 0 Å². The lowest BCUT2D eigenvalue weighted by molar-refractivity contribution is 0.202. The van der Waals surface area contributed by atoms with E-state index in [4.69, 9.17) is 4.74 Å². The third-order valence-corrected chi connectivity index (χ3v) is 2.67. The predicted octanol–water partition coefficient (Wildman–Crippen LogP) is 1.22. The van der Waals surface area contributed by atoms with Crippen LogP contribution in [0.3, 0.4) is 0 Å². The van der Waals surface area contributed by atoms with Gasteiger partial charge in [-0.1, -0.05) is 13.8 Å². The maximum Gasteiger partial charge on any atom is 0.131 e. The number of nitrogens with zero attached hydrogens (tertiary/aromatic N) is 2. The van der Waals surface area contributed by atoms with Crippen molar-refractivity contribution in [2.24, 2.45) is 0 Å². The van der Waals surface area contributed by atoms with E-state index in [0.717, 1.165) is 23.0 Å². The van der Waals surface area contributed by atoms with Crippen LogP contribution < -0.4 is 5.32 Å². The number of ether oxygens (including phenoxy) is 1. The molecule has 0 aliphatic carbocycles. The Morgan fingerprint density at radius 3 is 2.71 bits per heavy atom. The molecular weight excluding hydrogens is 198 g/mol. The normalized spacial score (nSPS) is 11.1. The number of rotatable bonds is 6. The lowest BCUT2D eigenvalue weighted by atomic mass is 10.4. The molecule has 80 valence electrons. The van der Waals surface area contributed by atoms with Crippen LogP contribution in [-0.2, 0) is 17.7 Å². The first-order valence-corrected chi connectivity index (χ1v) is 5.57. The first-order valence-electron chi connectivity index (χ1n) is 4.76. The van der Waals surface area contributed by atoms with Crippen molar-refractivity contribution in [2.75, 3.05) is 13.7 Å². The molecule has 0 fully saturated rings. The SMILES string of the molecule is COCCc1nnc(CNC(C)C)s1. The zero-order chi connectivity index (χ0) is 10.4. The van der Waals surface area contributed by atoms with Gasteiger partial charge in [-0.3, -0.25) is 0 Å². The molecule has 0 aromatic carbocycles. The third kappa shape index (κ3) is 4.13. The summed E-state index contributed by atoms with van der Waals surface area (Å²) in [6.07, 6.45) is 0.857. The van der Waals surface area contributed by atoms with E-state index in [0.29, 0.717) is 12.6 Å². The molecule has 0 saturated carbocycles. The number of hydrogen-bond donors (Lipinski definition) is 1. The second-order valence-electron chi connectivity index (χ2n) is 3.37. The van der Waals surface area contributed by atoms with E-state index in [1.165, 1.54) is 0 Å². The highest BCUT2D eigenvalue weighted by atomic mass is 32.1. The van der Waals surface area contributed by atoms with Crippen molar-refractivity contribution in [3.63, 3.8) is 0 Å². The fourth-order valence-electron chi connectivity index (χ4n) is 0.942. The molecule has 4 nitrogen and oxygen atoms in total. The number of nitrogens with one attached hydrogen (secondary N) is 1. The lowest BCUT2D eigenvalue weighted by Crippen LogP contribution is -2.21. The van der Waals surface area contributed by atoms with Crippen LogP contribution in [0.2, 0.25) is 0 Å². The van der Waals surface area contributed by atoms with Gasteiger partial charge in [0.25, 0.3) is 0 Å². The second kappa shape index (κ2) is 6.06. The summed E-state index contributed by atoms with van der Waals surface area (Å²) in [6, 6.07) is 0.487. The molecule has 1 aromatic rings. The van der Waals surface area contributed by atoms with Crippen molar-refractivity contribution >= 4 is 11.3 Å². The number of hydrogen-bond acceptors (Lipinski definition) is 5. The molecule has 0 bridgehead atoms. The minimum Gasteiger partial charge on any atom is -0.384 e. The van der Waals surface area contributed by atoms with Gasteiger partial charge in [-0.15, -0.1) is 21.5 Å². The van der Waals surface area contributed by atoms with Crippen molar-refractivity contribution in [3.8, 4) is 0 Å². The van der Waals surface area contributed by atoms with Gasteiger partial charge in [0, 0.05) is 26.1 Å². The Labute approximate surface area is 88.7 Å². The van der Waals surface area contributed by atoms with Crippen LogP contribution in [0.1, 0.15) is 23.9 Å². The maximum atomic E-state index is 4.98. The quantitative estimate of drug-likeness (QED) is 0.775. The zero-order valence-corrected chi connectivity index (χ0v) is 9.73. The number of aromatic nitrogens is 2. The van der Waals surface area contributed by atoms with Gasteiger partial charge >= 0.3 is 0 Å². The van der Waals surface area contributed by atoms with Gasteiger partial charge in [0.1, 0.15) is 10.0 Å². The molecule has 0 aliphatic rings. The summed E-state index contributed by atoms with van der Waals surface area (Å²) in [5, 5.41) is 13.6. The Bertz CT molecular complexity index is 262. The molecule has 1 rings (SSSR count). The maximum absolute atomic E-state index is 4.98. The van der Waals surface area contributed by atoms with Crippen molar-refractivity contribution in [1.82, 2.24) is 15.5 Å². The topological polar surface area (TPSA) is 47.0 Å². The van der Waals surface area contributed by atoms with Crippen LogP contribution in [-0.4, -0.2) is 30.0 Å². The molecule has 1 heterocycles. The van der Waals surface area contributed by atoms with Gasteiger partial charge < -0.3 is 10.1 Å². The van der Waals surface area contributed by atoms with Crippen molar-refractivity contribution in [1.29, 1.82) is 0 Å². The minimum atomic E-state index is 0.487. The molecule has 0 saturated heterocycles. The average Bonchev–Trinajstić information content (AvgIpc) is 2.59. The van der Waals surface area contributed by atoms with Crippen LogP contribution >= 0.6 is 11.3 Å². The monoisotopic (exact) mass is 215 g/mol. The highest BCUT2D eigenvalue weighted by molar-refractivity contribution is 7.11. The molecule has 0 atom stereocenters. The summed E-state index contributed by atoms with van der Waals surface area (Å²) in [6.45, 7) is 5.76. The molecule has 0 unspecified atom stereocenters. The molecule has 0 spiro atoms. The smallest absolute Gasteiger partial charge is 0.131 e. The lowest BCUT2D eigenvalue weighted by Gasteiger charge is -2.03. The highest BCUT2D eigenvalue weighted by Gasteiger charge is 2.03. The van der Waals surface area contributed by atoms with Crippen LogP contribution in [0.15, 0.2) is 0 Å². The van der Waals surface area contributed by atoms with Gasteiger partial charge in [0.05, 0.1) is 6.61 Å². The Morgan fingerprint density at radius 2 is 2.07 bits per heavy atom. The minimum absolute atomic E-state index is 0.487. The van der Waals surface area contributed by atoms with Crippen molar-refractivity contribution in [3.05, 3.63) is 10.0 Å². The first kappa shape index (κ1) is 11.6. The van der Waals surface area contributed by atoms with Crippen LogP contribution in [0.5, 0.6) is 0 Å². The average molecular weight is 215 g/mol. The second-order valence-corrected chi connectivity index (χ2v) is 4.51. The fourth-order valence-corrected chi connectivity index (χ4v) is 1.72. The van der Waals surface area contributed by atoms with Gasteiger partial charge in [0.15, 0.2) is 0 Å². The van der Waals surface area contributed by atoms with E-state index in [9.17, 15) is 0 Å². The van der Waals surface area contributed by atoms with E-state index in [1.54, 1.807) is 18.4 Å². The summed E-state index contributed by atoms with van der Waals surface area (Å²) in [4.78, 5) is 0. The van der Waals surface area contributed by atoms with Crippen molar-refractivity contribution < 1.29 is 4.74 Å². The molecular formula is C9H17N3OS. The molecule has 0 aliphatic heterocycles. The van der Waals surface area contributed by atoms with E-state index in [1.807, 2.05) is 0 Å². The molecule has 0 amide bonds. The van der Waals surface area contributed by atoms with E-state index < -0.39 is 0 Å². The summed E-state index contributed by atoms with van der Waals surface area (Å²) < 4.78 is 4.98. The molecule has 1 aromatic heterocycles. The number of methoxy groups -OCH3 is 1. The molecule has 5 heteroatoms. The van der Waals surface area contributed by atoms with Crippen LogP contribution in [0, 0.1) is 0 Å². The van der Waals surface area contributed by atoms with Crippen LogP contribution in [0.4, 0.5) is 0 Å². The summed E-state index contributed by atoms with van der Waals surface area (Å²) in [5.41, 5.74) is 0. The first-order chi connectivity index (χ1) is 6.72. The molecule has 1 N–H and O–H groups in total. The van der Waals surface area contributed by atoms with Crippen LogP contribution in [0.25, 0.3) is 0 Å². The summed E-state index contributed by atoms with van der Waals surface area (Å²) in [5.74, 6) is 0. The predicted molar refractivity (Wildman–Crippen MR) is 57.5 cm³/mol. The van der Waals surface area contributed by atoms with Gasteiger partial charge in [-0.25, -0.2) is 0 Å².